The first kappa shape index (κ1) is 13.6. The largest absolute Gasteiger partial charge is 0.768 e. The van der Waals surface area contributed by atoms with E-state index in [0.29, 0.717) is 22.3 Å². The topological polar surface area (TPSA) is 80.6 Å². The molecule has 5 heteroatoms. The SMILES string of the molecule is Cc1c(O)cc(-c2ccccc2S(=O)[O-])c(O)c1C. The second kappa shape index (κ2) is 5.03. The molecule has 2 N–H and O–H groups in total. The van der Waals surface area contributed by atoms with E-state index in [-0.39, 0.29) is 16.4 Å². The Morgan fingerprint density at radius 1 is 1.05 bits per heavy atom. The summed E-state index contributed by atoms with van der Waals surface area (Å²) >= 11 is -2.41. The van der Waals surface area contributed by atoms with Gasteiger partial charge in [0.25, 0.3) is 0 Å². The van der Waals surface area contributed by atoms with E-state index < -0.39 is 11.1 Å². The van der Waals surface area contributed by atoms with Crippen LogP contribution in [0.5, 0.6) is 11.5 Å². The van der Waals surface area contributed by atoms with Gasteiger partial charge >= 0.3 is 0 Å². The summed E-state index contributed by atoms with van der Waals surface area (Å²) in [6.07, 6.45) is 0. The van der Waals surface area contributed by atoms with Crippen molar-refractivity contribution in [3.8, 4) is 22.6 Å². The summed E-state index contributed by atoms with van der Waals surface area (Å²) in [6, 6.07) is 7.70. The van der Waals surface area contributed by atoms with Crippen LogP contribution in [0.15, 0.2) is 35.2 Å². The lowest BCUT2D eigenvalue weighted by atomic mass is 9.98. The highest BCUT2D eigenvalue weighted by Crippen LogP contribution is 2.40. The maximum Gasteiger partial charge on any atom is 0.126 e. The number of hydrogen-bond acceptors (Lipinski definition) is 4. The Bertz CT molecular complexity index is 665. The third kappa shape index (κ3) is 2.34. The van der Waals surface area contributed by atoms with Gasteiger partial charge in [-0.3, -0.25) is 4.21 Å². The molecule has 2 rings (SSSR count). The molecule has 0 heterocycles. The molecule has 0 aliphatic rings. The van der Waals surface area contributed by atoms with Gasteiger partial charge in [0.15, 0.2) is 0 Å². The molecule has 0 fully saturated rings. The molecular formula is C14H13O4S-. The maximum atomic E-state index is 11.2. The molecule has 0 bridgehead atoms. The molecule has 1 unspecified atom stereocenters. The van der Waals surface area contributed by atoms with E-state index in [2.05, 4.69) is 0 Å². The fourth-order valence-corrected chi connectivity index (χ4v) is 2.47. The zero-order valence-electron chi connectivity index (χ0n) is 10.5. The lowest BCUT2D eigenvalue weighted by Gasteiger charge is -2.16. The van der Waals surface area contributed by atoms with Crippen LogP contribution >= 0.6 is 0 Å². The smallest absolute Gasteiger partial charge is 0.126 e. The van der Waals surface area contributed by atoms with E-state index in [4.69, 9.17) is 0 Å². The first-order chi connectivity index (χ1) is 8.93. The lowest BCUT2D eigenvalue weighted by molar-refractivity contribution is 0.454. The van der Waals surface area contributed by atoms with E-state index in [1.807, 2.05) is 0 Å². The first-order valence-electron chi connectivity index (χ1n) is 5.64. The second-order valence-corrected chi connectivity index (χ2v) is 5.18. The average molecular weight is 277 g/mol. The monoisotopic (exact) mass is 277 g/mol. The van der Waals surface area contributed by atoms with Gasteiger partial charge in [0.1, 0.15) is 11.5 Å². The Labute approximate surface area is 113 Å². The van der Waals surface area contributed by atoms with Gasteiger partial charge in [0.2, 0.25) is 0 Å². The van der Waals surface area contributed by atoms with Crippen molar-refractivity contribution in [3.63, 3.8) is 0 Å². The molecular weight excluding hydrogens is 264 g/mol. The van der Waals surface area contributed by atoms with Crippen molar-refractivity contribution in [1.82, 2.24) is 0 Å². The van der Waals surface area contributed by atoms with Gasteiger partial charge < -0.3 is 14.8 Å². The molecule has 0 aliphatic heterocycles. The van der Waals surface area contributed by atoms with Gasteiger partial charge in [-0.05, 0) is 48.2 Å². The highest BCUT2D eigenvalue weighted by atomic mass is 32.2. The van der Waals surface area contributed by atoms with Crippen molar-refractivity contribution in [1.29, 1.82) is 0 Å². The summed E-state index contributed by atoms with van der Waals surface area (Å²) in [7, 11) is 0. The second-order valence-electron chi connectivity index (χ2n) is 4.27. The summed E-state index contributed by atoms with van der Waals surface area (Å²) in [5.74, 6) is 0.00462. The van der Waals surface area contributed by atoms with Gasteiger partial charge in [-0.1, -0.05) is 18.2 Å². The molecule has 2 aromatic carbocycles. The molecule has 19 heavy (non-hydrogen) atoms. The number of hydrogen-bond donors (Lipinski definition) is 2. The predicted molar refractivity (Wildman–Crippen MR) is 71.9 cm³/mol. The molecule has 4 nitrogen and oxygen atoms in total. The number of phenolic OH excluding ortho intramolecular Hbond substituents is 2. The van der Waals surface area contributed by atoms with Gasteiger partial charge in [-0.25, -0.2) is 0 Å². The number of rotatable bonds is 2. The molecule has 0 radical (unpaired) electrons. The van der Waals surface area contributed by atoms with Gasteiger partial charge in [0.05, 0.1) is 0 Å². The minimum atomic E-state index is -2.41. The van der Waals surface area contributed by atoms with Crippen LogP contribution in [0, 0.1) is 13.8 Å². The summed E-state index contributed by atoms with van der Waals surface area (Å²) in [6.45, 7) is 3.36. The van der Waals surface area contributed by atoms with Crippen LogP contribution in [-0.2, 0) is 11.1 Å². The number of phenols is 2. The van der Waals surface area contributed by atoms with Crippen LogP contribution in [0.1, 0.15) is 11.1 Å². The van der Waals surface area contributed by atoms with Crippen LogP contribution in [0.3, 0.4) is 0 Å². The highest BCUT2D eigenvalue weighted by molar-refractivity contribution is 7.79. The molecule has 2 aromatic rings. The number of aromatic hydroxyl groups is 2. The van der Waals surface area contributed by atoms with Gasteiger partial charge in [0, 0.05) is 16.0 Å². The third-order valence-electron chi connectivity index (χ3n) is 3.19. The minimum absolute atomic E-state index is 0.0202. The van der Waals surface area contributed by atoms with Crippen LogP contribution < -0.4 is 0 Å². The molecule has 100 valence electrons. The first-order valence-corrected chi connectivity index (χ1v) is 6.71. The highest BCUT2D eigenvalue weighted by Gasteiger charge is 2.15. The van der Waals surface area contributed by atoms with Gasteiger partial charge in [-0.2, -0.15) is 0 Å². The molecule has 0 spiro atoms. The number of benzene rings is 2. The lowest BCUT2D eigenvalue weighted by Crippen LogP contribution is -1.95. The van der Waals surface area contributed by atoms with Crippen molar-refractivity contribution >= 4 is 11.1 Å². The summed E-state index contributed by atoms with van der Waals surface area (Å²) in [4.78, 5) is 0.0838. The zero-order chi connectivity index (χ0) is 14.2. The van der Waals surface area contributed by atoms with Crippen molar-refractivity contribution in [2.24, 2.45) is 0 Å². The Hall–Kier alpha value is -1.85. The molecule has 0 saturated carbocycles. The van der Waals surface area contributed by atoms with Crippen molar-refractivity contribution < 1.29 is 19.0 Å². The van der Waals surface area contributed by atoms with Crippen molar-refractivity contribution in [2.45, 2.75) is 18.7 Å². The standard InChI is InChI=1S/C14H14O4S/c1-8-9(2)14(16)11(7-12(8)15)10-5-3-4-6-13(10)19(17)18/h3-7,15-16H,1-2H3,(H,17,18)/p-1. The molecule has 0 aliphatic carbocycles. The maximum absolute atomic E-state index is 11.2. The van der Waals surface area contributed by atoms with E-state index >= 15 is 0 Å². The Morgan fingerprint density at radius 2 is 1.68 bits per heavy atom. The molecule has 0 saturated heterocycles. The van der Waals surface area contributed by atoms with Crippen LogP contribution in [0.25, 0.3) is 11.1 Å². The fourth-order valence-electron chi connectivity index (χ4n) is 1.92. The summed E-state index contributed by atoms with van der Waals surface area (Å²) in [5, 5.41) is 20.0. The van der Waals surface area contributed by atoms with E-state index in [0.717, 1.165) is 0 Å². The Morgan fingerprint density at radius 3 is 2.32 bits per heavy atom. The van der Waals surface area contributed by atoms with E-state index in [1.165, 1.54) is 12.1 Å². The summed E-state index contributed by atoms with van der Waals surface area (Å²) in [5.41, 5.74) is 1.77. The predicted octanol–water partition coefficient (Wildman–Crippen LogP) is 2.62. The fraction of sp³-hybridized carbons (Fsp3) is 0.143. The minimum Gasteiger partial charge on any atom is -0.768 e. The zero-order valence-corrected chi connectivity index (χ0v) is 11.3. The van der Waals surface area contributed by atoms with Crippen LogP contribution in [-0.4, -0.2) is 19.0 Å². The van der Waals surface area contributed by atoms with Crippen molar-refractivity contribution in [2.75, 3.05) is 0 Å². The van der Waals surface area contributed by atoms with Crippen LogP contribution in [0.4, 0.5) is 0 Å². The van der Waals surface area contributed by atoms with Crippen LogP contribution in [0.2, 0.25) is 0 Å². The molecule has 1 atom stereocenters. The van der Waals surface area contributed by atoms with E-state index in [1.54, 1.807) is 32.0 Å². The third-order valence-corrected chi connectivity index (χ3v) is 3.91. The molecule has 0 aromatic heterocycles. The summed E-state index contributed by atoms with van der Waals surface area (Å²) < 4.78 is 22.4. The Kier molecular flexibility index (Phi) is 3.59. The molecule has 0 amide bonds. The normalized spacial score (nSPS) is 12.4. The Balaban J connectivity index is 2.77. The van der Waals surface area contributed by atoms with E-state index in [9.17, 15) is 19.0 Å². The average Bonchev–Trinajstić information content (AvgIpc) is 2.40. The quantitative estimate of drug-likeness (QED) is 0.653. The van der Waals surface area contributed by atoms with Crippen molar-refractivity contribution in [3.05, 3.63) is 41.5 Å². The van der Waals surface area contributed by atoms with Gasteiger partial charge in [-0.15, -0.1) is 0 Å².